The van der Waals surface area contributed by atoms with Crippen LogP contribution in [-0.2, 0) is 12.8 Å². The molecule has 0 heteroatoms. The molecule has 2 rings (SSSR count). The van der Waals surface area contributed by atoms with Crippen LogP contribution in [0.3, 0.4) is 0 Å². The van der Waals surface area contributed by atoms with Crippen molar-refractivity contribution in [2.24, 2.45) is 0 Å². The second-order valence-corrected chi connectivity index (χ2v) is 5.86. The second-order valence-electron chi connectivity index (χ2n) is 5.86. The summed E-state index contributed by atoms with van der Waals surface area (Å²) in [5, 5.41) is 0. The summed E-state index contributed by atoms with van der Waals surface area (Å²) < 4.78 is 0. The molecular formula is C18H28. The van der Waals surface area contributed by atoms with E-state index in [1.165, 1.54) is 77.0 Å². The van der Waals surface area contributed by atoms with Gasteiger partial charge in [0.1, 0.15) is 0 Å². The Morgan fingerprint density at radius 3 is 1.33 bits per heavy atom. The first kappa shape index (κ1) is 13.6. The van der Waals surface area contributed by atoms with E-state index in [4.69, 9.17) is 0 Å². The molecule has 0 spiro atoms. The standard InChI is InChI=1S/C18H28/c1-2-4-6-8-10-13-18-15-11-14-17(16-18)12-9-7-5-3-1/h11,14-16H,1-10,12-13H2. The molecule has 0 nitrogen and oxygen atoms in total. The summed E-state index contributed by atoms with van der Waals surface area (Å²) in [4.78, 5) is 0. The summed E-state index contributed by atoms with van der Waals surface area (Å²) in [6, 6.07) is 9.31. The van der Waals surface area contributed by atoms with Crippen molar-refractivity contribution in [1.82, 2.24) is 0 Å². The van der Waals surface area contributed by atoms with Gasteiger partial charge in [0.05, 0.1) is 0 Å². The summed E-state index contributed by atoms with van der Waals surface area (Å²) in [5.41, 5.74) is 3.12. The molecule has 0 aliphatic heterocycles. The van der Waals surface area contributed by atoms with Crippen LogP contribution in [0.15, 0.2) is 24.3 Å². The first-order valence-corrected chi connectivity index (χ1v) is 8.03. The van der Waals surface area contributed by atoms with Crippen LogP contribution in [0.25, 0.3) is 0 Å². The molecule has 0 fully saturated rings. The summed E-state index contributed by atoms with van der Waals surface area (Å²) in [7, 11) is 0. The number of hydrogen-bond donors (Lipinski definition) is 0. The van der Waals surface area contributed by atoms with Gasteiger partial charge in [0.2, 0.25) is 0 Å². The molecule has 2 bridgehead atoms. The minimum Gasteiger partial charge on any atom is -0.0617 e. The van der Waals surface area contributed by atoms with Gasteiger partial charge in [0.25, 0.3) is 0 Å². The lowest BCUT2D eigenvalue weighted by molar-refractivity contribution is 0.553. The molecule has 0 aromatic heterocycles. The van der Waals surface area contributed by atoms with Crippen molar-refractivity contribution in [2.75, 3.05) is 0 Å². The zero-order valence-electron chi connectivity index (χ0n) is 11.8. The molecule has 0 amide bonds. The van der Waals surface area contributed by atoms with Gasteiger partial charge in [-0.1, -0.05) is 75.6 Å². The third kappa shape index (κ3) is 5.25. The van der Waals surface area contributed by atoms with Gasteiger partial charge in [0.15, 0.2) is 0 Å². The zero-order valence-corrected chi connectivity index (χ0v) is 11.8. The highest BCUT2D eigenvalue weighted by atomic mass is 14.1. The van der Waals surface area contributed by atoms with Crippen LogP contribution in [0.2, 0.25) is 0 Å². The largest absolute Gasteiger partial charge is 0.0617 e. The van der Waals surface area contributed by atoms with Gasteiger partial charge in [-0.2, -0.15) is 0 Å². The van der Waals surface area contributed by atoms with Gasteiger partial charge >= 0.3 is 0 Å². The van der Waals surface area contributed by atoms with Crippen LogP contribution in [0.1, 0.15) is 75.3 Å². The van der Waals surface area contributed by atoms with Gasteiger partial charge in [0, 0.05) is 0 Å². The summed E-state index contributed by atoms with van der Waals surface area (Å²) in [6.45, 7) is 0. The van der Waals surface area contributed by atoms with E-state index >= 15 is 0 Å². The van der Waals surface area contributed by atoms with E-state index in [2.05, 4.69) is 24.3 Å². The molecule has 18 heavy (non-hydrogen) atoms. The Labute approximate surface area is 113 Å². The SMILES string of the molecule is c1cc2cc(c1)CCCCCCCCCCCC2. The number of rotatable bonds is 0. The lowest BCUT2D eigenvalue weighted by Gasteiger charge is -2.05. The van der Waals surface area contributed by atoms with Crippen LogP contribution in [0.5, 0.6) is 0 Å². The molecule has 1 aromatic rings. The number of aryl methyl sites for hydroxylation is 2. The van der Waals surface area contributed by atoms with E-state index in [0.29, 0.717) is 0 Å². The Kier molecular flexibility index (Phi) is 6.33. The lowest BCUT2D eigenvalue weighted by atomic mass is 10.0. The second kappa shape index (κ2) is 8.34. The molecule has 0 N–H and O–H groups in total. The third-order valence-corrected chi connectivity index (χ3v) is 4.17. The fourth-order valence-electron chi connectivity index (χ4n) is 3.01. The van der Waals surface area contributed by atoms with Gasteiger partial charge in [-0.15, -0.1) is 0 Å². The number of benzene rings is 1. The zero-order chi connectivity index (χ0) is 12.5. The molecule has 0 unspecified atom stereocenters. The maximum absolute atomic E-state index is 2.44. The smallest absolute Gasteiger partial charge is 0.0279 e. The minimum atomic E-state index is 1.29. The van der Waals surface area contributed by atoms with E-state index in [9.17, 15) is 0 Å². The predicted molar refractivity (Wildman–Crippen MR) is 80.0 cm³/mol. The Hall–Kier alpha value is -0.780. The van der Waals surface area contributed by atoms with Crippen LogP contribution in [-0.4, -0.2) is 0 Å². The fourth-order valence-corrected chi connectivity index (χ4v) is 3.01. The maximum atomic E-state index is 2.44. The van der Waals surface area contributed by atoms with Crippen LogP contribution in [0, 0.1) is 0 Å². The quantitative estimate of drug-likeness (QED) is 0.550. The highest BCUT2D eigenvalue weighted by Crippen LogP contribution is 2.16. The van der Waals surface area contributed by atoms with E-state index in [1.807, 2.05) is 0 Å². The lowest BCUT2D eigenvalue weighted by Crippen LogP contribution is -1.90. The van der Waals surface area contributed by atoms with Gasteiger partial charge in [-0.3, -0.25) is 0 Å². The normalized spacial score (nSPS) is 19.8. The predicted octanol–water partition coefficient (Wildman–Crippen LogP) is 5.69. The van der Waals surface area contributed by atoms with E-state index < -0.39 is 0 Å². The summed E-state index contributed by atoms with van der Waals surface area (Å²) in [6.07, 6.45) is 16.9. The van der Waals surface area contributed by atoms with Crippen molar-refractivity contribution in [3.05, 3.63) is 35.4 Å². The molecule has 1 aliphatic rings. The molecule has 0 saturated carbocycles. The van der Waals surface area contributed by atoms with Gasteiger partial charge in [-0.05, 0) is 36.8 Å². The van der Waals surface area contributed by atoms with Crippen LogP contribution >= 0.6 is 0 Å². The molecule has 100 valence electrons. The molecule has 1 aliphatic carbocycles. The molecule has 0 saturated heterocycles. The van der Waals surface area contributed by atoms with Crippen molar-refractivity contribution in [1.29, 1.82) is 0 Å². The van der Waals surface area contributed by atoms with E-state index in [-0.39, 0.29) is 0 Å². The minimum absolute atomic E-state index is 1.29. The van der Waals surface area contributed by atoms with Crippen molar-refractivity contribution >= 4 is 0 Å². The molecule has 0 atom stereocenters. The Balaban J connectivity index is 1.87. The maximum Gasteiger partial charge on any atom is -0.0279 e. The van der Waals surface area contributed by atoms with Crippen molar-refractivity contribution in [3.8, 4) is 0 Å². The average Bonchev–Trinajstić information content (AvgIpc) is 2.40. The van der Waals surface area contributed by atoms with Crippen molar-refractivity contribution in [3.63, 3.8) is 0 Å². The van der Waals surface area contributed by atoms with Gasteiger partial charge < -0.3 is 0 Å². The Morgan fingerprint density at radius 1 is 0.500 bits per heavy atom. The fraction of sp³-hybridized carbons (Fsp3) is 0.667. The average molecular weight is 244 g/mol. The summed E-state index contributed by atoms with van der Waals surface area (Å²) in [5.74, 6) is 0. The first-order valence-electron chi connectivity index (χ1n) is 8.03. The topological polar surface area (TPSA) is 0 Å². The molecule has 0 radical (unpaired) electrons. The molecular weight excluding hydrogens is 216 g/mol. The monoisotopic (exact) mass is 244 g/mol. The van der Waals surface area contributed by atoms with Crippen LogP contribution in [0.4, 0.5) is 0 Å². The van der Waals surface area contributed by atoms with Gasteiger partial charge in [-0.25, -0.2) is 0 Å². The highest BCUT2D eigenvalue weighted by molar-refractivity contribution is 5.23. The first-order chi connectivity index (χ1) is 8.95. The molecule has 1 aromatic carbocycles. The van der Waals surface area contributed by atoms with Crippen molar-refractivity contribution < 1.29 is 0 Å². The number of hydrogen-bond acceptors (Lipinski definition) is 0. The van der Waals surface area contributed by atoms with E-state index in [1.54, 1.807) is 11.1 Å². The van der Waals surface area contributed by atoms with Crippen LogP contribution < -0.4 is 0 Å². The highest BCUT2D eigenvalue weighted by Gasteiger charge is 1.99. The molecule has 0 heterocycles. The van der Waals surface area contributed by atoms with Crippen molar-refractivity contribution in [2.45, 2.75) is 77.0 Å². The Morgan fingerprint density at radius 2 is 0.889 bits per heavy atom. The summed E-state index contributed by atoms with van der Waals surface area (Å²) >= 11 is 0. The van der Waals surface area contributed by atoms with E-state index in [0.717, 1.165) is 0 Å². The Bertz CT molecular complexity index is 297. The third-order valence-electron chi connectivity index (χ3n) is 4.17. The number of fused-ring (bicyclic) bond motifs is 2.